The molecule has 11 heteroatoms. The molecule has 6 rings (SSSR count). The van der Waals surface area contributed by atoms with Crippen molar-refractivity contribution in [1.82, 2.24) is 28.6 Å². The van der Waals surface area contributed by atoms with Crippen LogP contribution < -0.4 is 4.90 Å². The van der Waals surface area contributed by atoms with Gasteiger partial charge < -0.3 is 19.0 Å². The minimum Gasteiger partial charge on any atom is -0.378 e. The van der Waals surface area contributed by atoms with Crippen molar-refractivity contribution in [3.8, 4) is 11.3 Å². The van der Waals surface area contributed by atoms with Gasteiger partial charge in [-0.05, 0) is 18.2 Å². The van der Waals surface area contributed by atoms with Crippen LogP contribution in [0.5, 0.6) is 0 Å². The van der Waals surface area contributed by atoms with E-state index in [1.165, 1.54) is 6.07 Å². The Labute approximate surface area is 205 Å². The number of ether oxygens (including phenoxy) is 1. The van der Waals surface area contributed by atoms with E-state index in [0.29, 0.717) is 44.1 Å². The Bertz CT molecular complexity index is 1390. The second kappa shape index (κ2) is 9.30. The normalized spacial score (nSPS) is 19.1. The van der Waals surface area contributed by atoms with Crippen LogP contribution in [0.4, 0.5) is 10.2 Å². The molecule has 3 aromatic heterocycles. The molecule has 2 aliphatic heterocycles. The number of fused-ring (bicyclic) bond motifs is 2. The molecule has 2 aliphatic rings. The van der Waals surface area contributed by atoms with E-state index in [1.54, 1.807) is 12.3 Å². The number of piperazine rings is 1. The SMILES string of the molecule is CS(=O)N1CCN(Cc2cn3cc(-c4c(F)ccc5[nH]ccc45)nc(N4CCOCC4)c3n2)CC1. The molecule has 1 unspecified atom stereocenters. The molecule has 2 fully saturated rings. The summed E-state index contributed by atoms with van der Waals surface area (Å²) in [4.78, 5) is 17.6. The topological polar surface area (TPSA) is 82.0 Å². The maximum absolute atomic E-state index is 15.1. The van der Waals surface area contributed by atoms with Crippen LogP contribution in [0.1, 0.15) is 5.69 Å². The van der Waals surface area contributed by atoms with Crippen molar-refractivity contribution in [3.05, 3.63) is 48.3 Å². The Morgan fingerprint density at radius 1 is 1.06 bits per heavy atom. The Hall–Kier alpha value is -2.86. The molecule has 0 saturated carbocycles. The first-order chi connectivity index (χ1) is 17.1. The van der Waals surface area contributed by atoms with Gasteiger partial charge in [0.2, 0.25) is 0 Å². The number of benzene rings is 1. The highest BCUT2D eigenvalue weighted by Crippen LogP contribution is 2.32. The number of aromatic nitrogens is 4. The van der Waals surface area contributed by atoms with E-state index < -0.39 is 11.0 Å². The summed E-state index contributed by atoms with van der Waals surface area (Å²) in [7, 11) is -0.932. The fourth-order valence-electron chi connectivity index (χ4n) is 4.96. The number of morpholine rings is 1. The summed E-state index contributed by atoms with van der Waals surface area (Å²) in [6.07, 6.45) is 7.44. The number of anilines is 1. The van der Waals surface area contributed by atoms with Crippen LogP contribution in [-0.4, -0.2) is 91.5 Å². The molecule has 5 heterocycles. The predicted octanol–water partition coefficient (Wildman–Crippen LogP) is 2.26. The highest BCUT2D eigenvalue weighted by Gasteiger charge is 2.23. The molecule has 0 amide bonds. The molecule has 1 aromatic carbocycles. The molecule has 4 aromatic rings. The second-order valence-electron chi connectivity index (χ2n) is 9.00. The minimum absolute atomic E-state index is 0.302. The number of imidazole rings is 1. The lowest BCUT2D eigenvalue weighted by atomic mass is 10.1. The van der Waals surface area contributed by atoms with Crippen molar-refractivity contribution in [1.29, 1.82) is 0 Å². The van der Waals surface area contributed by atoms with Gasteiger partial charge in [-0.3, -0.25) is 4.90 Å². The van der Waals surface area contributed by atoms with Gasteiger partial charge in [-0.2, -0.15) is 0 Å². The Morgan fingerprint density at radius 2 is 1.86 bits per heavy atom. The molecule has 0 radical (unpaired) electrons. The first-order valence-corrected chi connectivity index (χ1v) is 13.4. The standard InChI is InChI=1S/C24H28FN7O2S/c1-35(33)32-8-6-29(7-9-32)14-17-15-31-16-21(22-18-4-5-26-20(18)3-2-19(22)25)28-24(23(31)27-17)30-10-12-34-13-11-30/h2-5,15-16,26H,6-14H2,1H3. The van der Waals surface area contributed by atoms with Crippen molar-refractivity contribution in [2.24, 2.45) is 0 Å². The lowest BCUT2D eigenvalue weighted by molar-refractivity contribution is 0.122. The van der Waals surface area contributed by atoms with Gasteiger partial charge in [-0.15, -0.1) is 0 Å². The lowest BCUT2D eigenvalue weighted by Gasteiger charge is -2.32. The maximum Gasteiger partial charge on any atom is 0.180 e. The smallest absolute Gasteiger partial charge is 0.180 e. The third-order valence-corrected chi connectivity index (χ3v) is 7.89. The van der Waals surface area contributed by atoms with Gasteiger partial charge in [-0.25, -0.2) is 22.9 Å². The van der Waals surface area contributed by atoms with Crippen LogP contribution in [0.3, 0.4) is 0 Å². The first kappa shape index (κ1) is 22.6. The molecule has 35 heavy (non-hydrogen) atoms. The molecule has 184 valence electrons. The third-order valence-electron chi connectivity index (χ3n) is 6.80. The van der Waals surface area contributed by atoms with Crippen LogP contribution in [0.25, 0.3) is 27.8 Å². The molecular formula is C24H28FN7O2S. The second-order valence-corrected chi connectivity index (χ2v) is 10.4. The zero-order valence-electron chi connectivity index (χ0n) is 19.6. The molecule has 2 saturated heterocycles. The van der Waals surface area contributed by atoms with E-state index >= 15 is 4.39 Å². The molecule has 1 atom stereocenters. The highest BCUT2D eigenvalue weighted by molar-refractivity contribution is 7.81. The van der Waals surface area contributed by atoms with Gasteiger partial charge >= 0.3 is 0 Å². The summed E-state index contributed by atoms with van der Waals surface area (Å²) >= 11 is 0. The summed E-state index contributed by atoms with van der Waals surface area (Å²) in [5.41, 5.74) is 3.63. The average Bonchev–Trinajstić information content (AvgIpc) is 3.51. The number of rotatable bonds is 5. The summed E-state index contributed by atoms with van der Waals surface area (Å²) in [6.45, 7) is 6.60. The Kier molecular flexibility index (Phi) is 6.01. The summed E-state index contributed by atoms with van der Waals surface area (Å²) in [5, 5.41) is 0.802. The van der Waals surface area contributed by atoms with Crippen molar-refractivity contribution in [2.75, 3.05) is 63.6 Å². The van der Waals surface area contributed by atoms with Gasteiger partial charge in [0.25, 0.3) is 0 Å². The minimum atomic E-state index is -0.932. The largest absolute Gasteiger partial charge is 0.378 e. The number of hydrogen-bond acceptors (Lipinski definition) is 6. The summed E-state index contributed by atoms with van der Waals surface area (Å²) in [6, 6.07) is 5.12. The van der Waals surface area contributed by atoms with E-state index in [9.17, 15) is 4.21 Å². The van der Waals surface area contributed by atoms with Gasteiger partial charge in [0, 0.05) is 87.1 Å². The Morgan fingerprint density at radius 3 is 2.63 bits per heavy atom. The molecule has 1 N–H and O–H groups in total. The lowest BCUT2D eigenvalue weighted by Crippen LogP contribution is -2.46. The van der Waals surface area contributed by atoms with Crippen molar-refractivity contribution >= 4 is 33.4 Å². The van der Waals surface area contributed by atoms with Crippen molar-refractivity contribution < 1.29 is 13.3 Å². The number of aromatic amines is 1. The van der Waals surface area contributed by atoms with Crippen LogP contribution in [-0.2, 0) is 22.3 Å². The summed E-state index contributed by atoms with van der Waals surface area (Å²) < 4.78 is 36.4. The number of nitrogens with one attached hydrogen (secondary N) is 1. The first-order valence-electron chi connectivity index (χ1n) is 11.8. The van der Waals surface area contributed by atoms with E-state index in [0.717, 1.165) is 54.2 Å². The highest BCUT2D eigenvalue weighted by atomic mass is 32.2. The van der Waals surface area contributed by atoms with E-state index in [2.05, 4.69) is 14.8 Å². The number of hydrogen-bond donors (Lipinski definition) is 1. The molecule has 9 nitrogen and oxygen atoms in total. The van der Waals surface area contributed by atoms with Crippen LogP contribution in [0, 0.1) is 5.82 Å². The number of nitrogens with zero attached hydrogens (tertiary/aromatic N) is 6. The van der Waals surface area contributed by atoms with Gasteiger partial charge in [0.15, 0.2) is 11.5 Å². The number of halogens is 1. The Balaban J connectivity index is 1.40. The van der Waals surface area contributed by atoms with Gasteiger partial charge in [0.05, 0.1) is 35.6 Å². The molecular weight excluding hydrogens is 469 g/mol. The van der Waals surface area contributed by atoms with Crippen LogP contribution in [0.15, 0.2) is 36.8 Å². The predicted molar refractivity (Wildman–Crippen MR) is 134 cm³/mol. The summed E-state index contributed by atoms with van der Waals surface area (Å²) in [5.74, 6) is 0.443. The molecule has 0 aliphatic carbocycles. The van der Waals surface area contributed by atoms with Crippen LogP contribution in [0.2, 0.25) is 0 Å². The van der Waals surface area contributed by atoms with Gasteiger partial charge in [0.1, 0.15) is 5.82 Å². The monoisotopic (exact) mass is 497 g/mol. The maximum atomic E-state index is 15.1. The quantitative estimate of drug-likeness (QED) is 0.456. The average molecular weight is 498 g/mol. The van der Waals surface area contributed by atoms with E-state index in [-0.39, 0.29) is 5.82 Å². The fourth-order valence-corrected chi connectivity index (χ4v) is 5.64. The van der Waals surface area contributed by atoms with E-state index in [4.69, 9.17) is 14.7 Å². The zero-order valence-corrected chi connectivity index (χ0v) is 20.4. The van der Waals surface area contributed by atoms with Crippen molar-refractivity contribution in [3.63, 3.8) is 0 Å². The zero-order chi connectivity index (χ0) is 23.9. The molecule has 0 bridgehead atoms. The van der Waals surface area contributed by atoms with E-state index in [1.807, 2.05) is 33.4 Å². The van der Waals surface area contributed by atoms with Gasteiger partial charge in [-0.1, -0.05) is 0 Å². The number of H-pyrrole nitrogens is 1. The molecule has 0 spiro atoms. The van der Waals surface area contributed by atoms with Crippen LogP contribution >= 0.6 is 0 Å². The van der Waals surface area contributed by atoms with Crippen molar-refractivity contribution in [2.45, 2.75) is 6.54 Å². The fraction of sp³-hybridized carbons (Fsp3) is 0.417. The third kappa shape index (κ3) is 4.33.